The molecule has 1 aromatic carbocycles. The molecule has 1 atom stereocenters. The van der Waals surface area contributed by atoms with Gasteiger partial charge < -0.3 is 9.88 Å². The normalized spacial score (nSPS) is 21.2. The molecule has 0 fully saturated rings. The van der Waals surface area contributed by atoms with Gasteiger partial charge in [0.15, 0.2) is 5.82 Å². The fraction of sp³-hybridized carbons (Fsp3) is 0.429. The lowest BCUT2D eigenvalue weighted by Crippen LogP contribution is -2.18. The van der Waals surface area contributed by atoms with Crippen LogP contribution in [0.25, 0.3) is 0 Å². The van der Waals surface area contributed by atoms with Crippen molar-refractivity contribution in [2.45, 2.75) is 38.3 Å². The highest BCUT2D eigenvalue weighted by atomic mass is 15.3. The van der Waals surface area contributed by atoms with Crippen LogP contribution in [0.3, 0.4) is 0 Å². The molecule has 3 heterocycles. The Morgan fingerprint density at radius 2 is 2.11 bits per heavy atom. The number of para-hydroxylation sites is 1. The summed E-state index contributed by atoms with van der Waals surface area (Å²) in [7, 11) is 0. The topological polar surface area (TPSA) is 42.7 Å². The SMILES string of the molecule is c1ccc2c(c1)CC(c1nnc3n1CCCC3)N2. The van der Waals surface area contributed by atoms with Gasteiger partial charge in [-0.1, -0.05) is 18.2 Å². The van der Waals surface area contributed by atoms with Crippen LogP contribution in [0.15, 0.2) is 24.3 Å². The average molecular weight is 240 g/mol. The maximum atomic E-state index is 4.41. The molecule has 92 valence electrons. The maximum Gasteiger partial charge on any atom is 0.155 e. The van der Waals surface area contributed by atoms with Crippen molar-refractivity contribution in [1.82, 2.24) is 14.8 Å². The van der Waals surface area contributed by atoms with Crippen LogP contribution in [-0.2, 0) is 19.4 Å². The van der Waals surface area contributed by atoms with Crippen LogP contribution >= 0.6 is 0 Å². The first-order valence-electron chi connectivity index (χ1n) is 6.68. The number of rotatable bonds is 1. The molecule has 1 N–H and O–H groups in total. The number of aryl methyl sites for hydroxylation is 1. The number of aromatic nitrogens is 3. The number of benzene rings is 1. The van der Waals surface area contributed by atoms with Gasteiger partial charge in [-0.3, -0.25) is 0 Å². The third-order valence-electron chi connectivity index (χ3n) is 3.97. The Bertz CT molecular complexity index is 562. The van der Waals surface area contributed by atoms with Crippen molar-refractivity contribution < 1.29 is 0 Å². The number of nitrogens with one attached hydrogen (secondary N) is 1. The van der Waals surface area contributed by atoms with E-state index in [4.69, 9.17) is 0 Å². The largest absolute Gasteiger partial charge is 0.375 e. The third-order valence-corrected chi connectivity index (χ3v) is 3.97. The molecule has 4 heteroatoms. The van der Waals surface area contributed by atoms with Crippen molar-refractivity contribution in [3.63, 3.8) is 0 Å². The molecular formula is C14H16N4. The van der Waals surface area contributed by atoms with Crippen molar-refractivity contribution in [2.24, 2.45) is 0 Å². The molecule has 0 amide bonds. The van der Waals surface area contributed by atoms with E-state index >= 15 is 0 Å². The van der Waals surface area contributed by atoms with Gasteiger partial charge in [-0.2, -0.15) is 0 Å². The lowest BCUT2D eigenvalue weighted by atomic mass is 10.1. The molecular weight excluding hydrogens is 224 g/mol. The first-order valence-corrected chi connectivity index (χ1v) is 6.68. The Morgan fingerprint density at radius 1 is 1.17 bits per heavy atom. The fourth-order valence-corrected chi connectivity index (χ4v) is 3.04. The van der Waals surface area contributed by atoms with Crippen LogP contribution in [0, 0.1) is 0 Å². The zero-order valence-electron chi connectivity index (χ0n) is 10.3. The molecule has 18 heavy (non-hydrogen) atoms. The predicted octanol–water partition coefficient (Wildman–Crippen LogP) is 2.32. The fourth-order valence-electron chi connectivity index (χ4n) is 3.04. The van der Waals surface area contributed by atoms with Crippen LogP contribution in [0.5, 0.6) is 0 Å². The molecule has 0 saturated carbocycles. The smallest absolute Gasteiger partial charge is 0.155 e. The monoisotopic (exact) mass is 240 g/mol. The van der Waals surface area contributed by atoms with Crippen molar-refractivity contribution in [3.05, 3.63) is 41.5 Å². The van der Waals surface area contributed by atoms with E-state index in [2.05, 4.69) is 44.3 Å². The van der Waals surface area contributed by atoms with Crippen LogP contribution in [0.2, 0.25) is 0 Å². The van der Waals surface area contributed by atoms with Gasteiger partial charge in [-0.15, -0.1) is 10.2 Å². The van der Waals surface area contributed by atoms with E-state index < -0.39 is 0 Å². The minimum atomic E-state index is 0.293. The van der Waals surface area contributed by atoms with E-state index in [-0.39, 0.29) is 0 Å². The van der Waals surface area contributed by atoms with Gasteiger partial charge in [-0.25, -0.2) is 0 Å². The maximum absolute atomic E-state index is 4.41. The highest BCUT2D eigenvalue weighted by Gasteiger charge is 2.27. The van der Waals surface area contributed by atoms with Gasteiger partial charge in [-0.05, 0) is 24.5 Å². The molecule has 0 bridgehead atoms. The molecule has 0 aliphatic carbocycles. The molecule has 1 unspecified atom stereocenters. The van der Waals surface area contributed by atoms with E-state index in [1.54, 1.807) is 0 Å². The van der Waals surface area contributed by atoms with Crippen LogP contribution in [-0.4, -0.2) is 14.8 Å². The number of fused-ring (bicyclic) bond motifs is 2. The average Bonchev–Trinajstić information content (AvgIpc) is 3.02. The standard InChI is InChI=1S/C14H16N4/c1-2-6-11-10(5-1)9-12(15-11)14-17-16-13-7-3-4-8-18(13)14/h1-2,5-6,12,15H,3-4,7-9H2. The van der Waals surface area contributed by atoms with E-state index in [1.165, 1.54) is 24.1 Å². The number of nitrogens with zero attached hydrogens (tertiary/aromatic N) is 3. The zero-order chi connectivity index (χ0) is 11.9. The van der Waals surface area contributed by atoms with E-state index in [1.807, 2.05) is 0 Å². The highest BCUT2D eigenvalue weighted by molar-refractivity contribution is 5.57. The van der Waals surface area contributed by atoms with Gasteiger partial charge >= 0.3 is 0 Å². The lowest BCUT2D eigenvalue weighted by molar-refractivity contribution is 0.498. The van der Waals surface area contributed by atoms with E-state index in [0.717, 1.165) is 31.0 Å². The zero-order valence-corrected chi connectivity index (χ0v) is 10.3. The van der Waals surface area contributed by atoms with Crippen molar-refractivity contribution >= 4 is 5.69 Å². The summed E-state index contributed by atoms with van der Waals surface area (Å²) in [6.45, 7) is 1.08. The van der Waals surface area contributed by atoms with Gasteiger partial charge in [0.25, 0.3) is 0 Å². The predicted molar refractivity (Wildman–Crippen MR) is 69.5 cm³/mol. The Balaban J connectivity index is 1.68. The minimum Gasteiger partial charge on any atom is -0.375 e. The summed E-state index contributed by atoms with van der Waals surface area (Å²) < 4.78 is 2.31. The Morgan fingerprint density at radius 3 is 3.06 bits per heavy atom. The second kappa shape index (κ2) is 3.83. The summed E-state index contributed by atoms with van der Waals surface area (Å²) >= 11 is 0. The molecule has 2 aromatic rings. The number of anilines is 1. The highest BCUT2D eigenvalue weighted by Crippen LogP contribution is 2.33. The van der Waals surface area contributed by atoms with Crippen molar-refractivity contribution in [3.8, 4) is 0 Å². The van der Waals surface area contributed by atoms with Crippen molar-refractivity contribution in [2.75, 3.05) is 5.32 Å². The second-order valence-electron chi connectivity index (χ2n) is 5.14. The summed E-state index contributed by atoms with van der Waals surface area (Å²) in [6.07, 6.45) is 4.59. The van der Waals surface area contributed by atoms with Crippen LogP contribution in [0.1, 0.15) is 36.1 Å². The van der Waals surface area contributed by atoms with E-state index in [0.29, 0.717) is 6.04 Å². The molecule has 0 radical (unpaired) electrons. The van der Waals surface area contributed by atoms with Crippen LogP contribution in [0.4, 0.5) is 5.69 Å². The first-order chi connectivity index (χ1) is 8.92. The summed E-state index contributed by atoms with van der Waals surface area (Å²) in [6, 6.07) is 8.80. The number of hydrogen-bond acceptors (Lipinski definition) is 3. The summed E-state index contributed by atoms with van der Waals surface area (Å²) in [5.41, 5.74) is 2.63. The summed E-state index contributed by atoms with van der Waals surface area (Å²) in [5.74, 6) is 2.27. The van der Waals surface area contributed by atoms with Gasteiger partial charge in [0.1, 0.15) is 5.82 Å². The molecule has 0 saturated heterocycles. The third kappa shape index (κ3) is 1.45. The minimum absolute atomic E-state index is 0.293. The van der Waals surface area contributed by atoms with Gasteiger partial charge in [0.2, 0.25) is 0 Å². The van der Waals surface area contributed by atoms with Gasteiger partial charge in [0, 0.05) is 25.1 Å². The Hall–Kier alpha value is -1.84. The molecule has 2 aliphatic heterocycles. The van der Waals surface area contributed by atoms with Crippen LogP contribution < -0.4 is 5.32 Å². The lowest BCUT2D eigenvalue weighted by Gasteiger charge is -2.17. The molecule has 2 aliphatic rings. The quantitative estimate of drug-likeness (QED) is 0.832. The Kier molecular flexibility index (Phi) is 2.15. The Labute approximate surface area is 106 Å². The van der Waals surface area contributed by atoms with Crippen molar-refractivity contribution in [1.29, 1.82) is 0 Å². The second-order valence-corrected chi connectivity index (χ2v) is 5.14. The van der Waals surface area contributed by atoms with Gasteiger partial charge in [0.05, 0.1) is 6.04 Å². The molecule has 4 rings (SSSR count). The molecule has 4 nitrogen and oxygen atoms in total. The summed E-state index contributed by atoms with van der Waals surface area (Å²) in [4.78, 5) is 0. The molecule has 1 aromatic heterocycles. The van der Waals surface area contributed by atoms with E-state index in [9.17, 15) is 0 Å². The molecule has 0 spiro atoms. The summed E-state index contributed by atoms with van der Waals surface area (Å²) in [5, 5.41) is 12.3. The first kappa shape index (κ1) is 10.1. The number of hydrogen-bond donors (Lipinski definition) is 1.